The molecule has 0 fully saturated rings. The number of fused-ring (bicyclic) bond motifs is 1. The van der Waals surface area contributed by atoms with E-state index in [1.807, 2.05) is 17.5 Å². The Bertz CT molecular complexity index is 1450. The van der Waals surface area contributed by atoms with Gasteiger partial charge in [-0.1, -0.05) is 24.3 Å². The topological polar surface area (TPSA) is 115 Å². The Morgan fingerprint density at radius 3 is 2.64 bits per heavy atom. The van der Waals surface area contributed by atoms with E-state index in [0.717, 1.165) is 11.8 Å². The van der Waals surface area contributed by atoms with Gasteiger partial charge in [0.25, 0.3) is 0 Å². The molecule has 0 saturated heterocycles. The summed E-state index contributed by atoms with van der Waals surface area (Å²) in [7, 11) is -1.84. The minimum Gasteiger partial charge on any atom is -0.408 e. The van der Waals surface area contributed by atoms with Crippen molar-refractivity contribution in [1.29, 1.82) is 0 Å². The van der Waals surface area contributed by atoms with Crippen LogP contribution < -0.4 is 15.4 Å². The van der Waals surface area contributed by atoms with Gasteiger partial charge in [-0.15, -0.1) is 11.3 Å². The first-order chi connectivity index (χ1) is 15.7. The number of thiazole rings is 1. The molecule has 2 aromatic heterocycles. The summed E-state index contributed by atoms with van der Waals surface area (Å²) >= 11 is 1.30. The van der Waals surface area contributed by atoms with Crippen LogP contribution in [0.2, 0.25) is 0 Å². The van der Waals surface area contributed by atoms with Crippen molar-refractivity contribution in [3.63, 3.8) is 0 Å². The highest BCUT2D eigenvalue weighted by Gasteiger charge is 2.13. The fraction of sp³-hybridized carbons (Fsp3) is 0.227. The minimum absolute atomic E-state index is 0.193. The third kappa shape index (κ3) is 5.15. The number of para-hydroxylation sites is 2. The van der Waals surface area contributed by atoms with E-state index in [0.29, 0.717) is 40.6 Å². The lowest BCUT2D eigenvalue weighted by Crippen LogP contribution is -2.24. The SMILES string of the molecule is CN(c1ccc(-c2csc(NC(=O)CCCn3c(=O)oc4ccccc43)n2)cc1)S(C)(=O)=O. The molecule has 0 aliphatic heterocycles. The molecule has 0 atom stereocenters. The van der Waals surface area contributed by atoms with Crippen molar-refractivity contribution in [2.75, 3.05) is 22.9 Å². The van der Waals surface area contributed by atoms with Crippen LogP contribution in [0.3, 0.4) is 0 Å². The molecule has 4 rings (SSSR count). The number of aryl methyl sites for hydroxylation is 1. The number of carbonyl (C=O) groups excluding carboxylic acids is 1. The number of anilines is 2. The first kappa shape index (κ1) is 22.7. The van der Waals surface area contributed by atoms with Crippen LogP contribution in [0.5, 0.6) is 0 Å². The minimum atomic E-state index is -3.33. The van der Waals surface area contributed by atoms with Crippen LogP contribution in [0.15, 0.2) is 63.1 Å². The van der Waals surface area contributed by atoms with Crippen LogP contribution >= 0.6 is 11.3 Å². The average Bonchev–Trinajstić information content (AvgIpc) is 3.37. The fourth-order valence-electron chi connectivity index (χ4n) is 3.30. The molecule has 2 aromatic carbocycles. The number of sulfonamides is 1. The third-order valence-electron chi connectivity index (χ3n) is 5.13. The second-order valence-corrected chi connectivity index (χ2v) is 10.3. The molecule has 1 N–H and O–H groups in total. The van der Waals surface area contributed by atoms with Gasteiger partial charge >= 0.3 is 5.76 Å². The van der Waals surface area contributed by atoms with E-state index in [-0.39, 0.29) is 12.3 Å². The van der Waals surface area contributed by atoms with Gasteiger partial charge in [0.15, 0.2) is 10.7 Å². The average molecular weight is 487 g/mol. The summed E-state index contributed by atoms with van der Waals surface area (Å²) < 4.78 is 31.2. The van der Waals surface area contributed by atoms with E-state index in [9.17, 15) is 18.0 Å². The molecule has 0 aliphatic rings. The first-order valence-corrected chi connectivity index (χ1v) is 12.8. The summed E-state index contributed by atoms with van der Waals surface area (Å²) in [5, 5.41) is 5.08. The van der Waals surface area contributed by atoms with Gasteiger partial charge in [0.05, 0.1) is 23.2 Å². The van der Waals surface area contributed by atoms with E-state index >= 15 is 0 Å². The van der Waals surface area contributed by atoms with Crippen molar-refractivity contribution in [2.24, 2.45) is 0 Å². The Hall–Kier alpha value is -3.44. The molecule has 0 aliphatic carbocycles. The Balaban J connectivity index is 1.34. The van der Waals surface area contributed by atoms with Crippen LogP contribution in [-0.2, 0) is 21.4 Å². The van der Waals surface area contributed by atoms with Gasteiger partial charge in [0, 0.05) is 31.0 Å². The molecule has 2 heterocycles. The molecule has 0 spiro atoms. The number of hydrogen-bond donors (Lipinski definition) is 1. The van der Waals surface area contributed by atoms with Crippen molar-refractivity contribution in [3.05, 3.63) is 64.5 Å². The van der Waals surface area contributed by atoms with Crippen LogP contribution in [0.4, 0.5) is 10.8 Å². The Morgan fingerprint density at radius 2 is 1.91 bits per heavy atom. The van der Waals surface area contributed by atoms with Gasteiger partial charge < -0.3 is 9.73 Å². The standard InChI is InChI=1S/C22H22N4O5S2/c1-25(33(2,29)30)16-11-9-15(10-12-16)17-14-32-21(23-17)24-20(27)8-5-13-26-18-6-3-4-7-19(18)31-22(26)28/h3-4,6-7,9-12,14H,5,8,13H2,1-2H3,(H,23,24,27). The summed E-state index contributed by atoms with van der Waals surface area (Å²) in [5.41, 5.74) is 3.28. The van der Waals surface area contributed by atoms with Crippen LogP contribution in [-0.4, -0.2) is 37.2 Å². The number of rotatable bonds is 8. The van der Waals surface area contributed by atoms with Gasteiger partial charge in [-0.25, -0.2) is 18.2 Å². The number of nitrogens with one attached hydrogen (secondary N) is 1. The number of carbonyl (C=O) groups is 1. The Morgan fingerprint density at radius 1 is 1.18 bits per heavy atom. The van der Waals surface area contributed by atoms with E-state index < -0.39 is 15.8 Å². The monoisotopic (exact) mass is 486 g/mol. The predicted molar refractivity (Wildman–Crippen MR) is 129 cm³/mol. The van der Waals surface area contributed by atoms with Crippen molar-refractivity contribution < 1.29 is 17.6 Å². The number of oxazole rings is 1. The lowest BCUT2D eigenvalue weighted by molar-refractivity contribution is -0.116. The van der Waals surface area contributed by atoms with Crippen LogP contribution in [0, 0.1) is 0 Å². The third-order valence-corrected chi connectivity index (χ3v) is 7.10. The molecule has 172 valence electrons. The van der Waals surface area contributed by atoms with Crippen molar-refractivity contribution in [2.45, 2.75) is 19.4 Å². The van der Waals surface area contributed by atoms with E-state index in [1.165, 1.54) is 27.3 Å². The zero-order valence-corrected chi connectivity index (χ0v) is 19.6. The van der Waals surface area contributed by atoms with E-state index in [1.54, 1.807) is 36.4 Å². The van der Waals surface area contributed by atoms with Gasteiger partial charge in [-0.05, 0) is 30.7 Å². The zero-order chi connectivity index (χ0) is 23.6. The lowest BCUT2D eigenvalue weighted by Gasteiger charge is -2.16. The van der Waals surface area contributed by atoms with Crippen molar-refractivity contribution in [1.82, 2.24) is 9.55 Å². The number of amides is 1. The van der Waals surface area contributed by atoms with Crippen molar-refractivity contribution in [3.8, 4) is 11.3 Å². The van der Waals surface area contributed by atoms with Gasteiger partial charge in [0.2, 0.25) is 15.9 Å². The molecule has 1 amide bonds. The summed E-state index contributed by atoms with van der Waals surface area (Å²) in [5.74, 6) is -0.628. The summed E-state index contributed by atoms with van der Waals surface area (Å²) in [6.07, 6.45) is 1.85. The Kier molecular flexibility index (Phi) is 6.34. The second kappa shape index (κ2) is 9.20. The quantitative estimate of drug-likeness (QED) is 0.407. The van der Waals surface area contributed by atoms with Gasteiger partial charge in [-0.3, -0.25) is 13.7 Å². The number of nitrogens with zero attached hydrogens (tertiary/aromatic N) is 3. The number of aromatic nitrogens is 2. The second-order valence-electron chi connectivity index (χ2n) is 7.45. The molecular formula is C22H22N4O5S2. The largest absolute Gasteiger partial charge is 0.419 e. The Labute approximate surface area is 194 Å². The summed E-state index contributed by atoms with van der Waals surface area (Å²) in [4.78, 5) is 28.8. The molecule has 0 unspecified atom stereocenters. The first-order valence-electron chi connectivity index (χ1n) is 10.1. The smallest absolute Gasteiger partial charge is 0.408 e. The molecule has 0 bridgehead atoms. The maximum atomic E-state index is 12.3. The molecule has 11 heteroatoms. The predicted octanol–water partition coefficient (Wildman–Crippen LogP) is 3.53. The van der Waals surface area contributed by atoms with Crippen molar-refractivity contribution >= 4 is 49.2 Å². The maximum absolute atomic E-state index is 12.3. The highest BCUT2D eigenvalue weighted by atomic mass is 32.2. The molecule has 0 saturated carbocycles. The fourth-order valence-corrected chi connectivity index (χ4v) is 4.54. The summed E-state index contributed by atoms with van der Waals surface area (Å²) in [6, 6.07) is 14.1. The molecular weight excluding hydrogens is 464 g/mol. The van der Waals surface area contributed by atoms with Gasteiger partial charge in [-0.2, -0.15) is 0 Å². The molecule has 33 heavy (non-hydrogen) atoms. The highest BCUT2D eigenvalue weighted by molar-refractivity contribution is 7.92. The van der Waals surface area contributed by atoms with Crippen LogP contribution in [0.25, 0.3) is 22.4 Å². The number of hydrogen-bond acceptors (Lipinski definition) is 7. The van der Waals surface area contributed by atoms with Gasteiger partial charge in [0.1, 0.15) is 0 Å². The lowest BCUT2D eigenvalue weighted by atomic mass is 10.1. The molecule has 0 radical (unpaired) electrons. The number of benzene rings is 2. The summed E-state index contributed by atoms with van der Waals surface area (Å²) in [6.45, 7) is 0.376. The van der Waals surface area contributed by atoms with E-state index in [2.05, 4.69) is 10.3 Å². The molecule has 9 nitrogen and oxygen atoms in total. The van der Waals surface area contributed by atoms with Crippen LogP contribution in [0.1, 0.15) is 12.8 Å². The maximum Gasteiger partial charge on any atom is 0.419 e. The molecule has 4 aromatic rings. The van der Waals surface area contributed by atoms with E-state index in [4.69, 9.17) is 4.42 Å². The highest BCUT2D eigenvalue weighted by Crippen LogP contribution is 2.27. The normalized spacial score (nSPS) is 11.6. The zero-order valence-electron chi connectivity index (χ0n) is 18.0.